The second-order valence-electron chi connectivity index (χ2n) is 8.77. The lowest BCUT2D eigenvalue weighted by molar-refractivity contribution is 0.312. The van der Waals surface area contributed by atoms with Crippen molar-refractivity contribution in [3.05, 3.63) is 58.7 Å². The van der Waals surface area contributed by atoms with Gasteiger partial charge in [-0.15, -0.1) is 0 Å². The van der Waals surface area contributed by atoms with Crippen molar-refractivity contribution < 1.29 is 4.21 Å². The van der Waals surface area contributed by atoms with Crippen molar-refractivity contribution in [2.75, 3.05) is 48.8 Å². The van der Waals surface area contributed by atoms with Gasteiger partial charge in [-0.25, -0.2) is 4.98 Å². The molecule has 2 heterocycles. The van der Waals surface area contributed by atoms with Crippen molar-refractivity contribution in [2.45, 2.75) is 30.9 Å². The predicted octanol–water partition coefficient (Wildman–Crippen LogP) is 5.30. The number of nitrogens with one attached hydrogen (secondary N) is 2. The Morgan fingerprint density at radius 1 is 1.06 bits per heavy atom. The van der Waals surface area contributed by atoms with Crippen LogP contribution in [0.2, 0.25) is 0 Å². The summed E-state index contributed by atoms with van der Waals surface area (Å²) in [5.74, 6) is 1.10. The van der Waals surface area contributed by atoms with Crippen LogP contribution in [0.5, 0.6) is 0 Å². The monoisotopic (exact) mass is 542 g/mol. The highest BCUT2D eigenvalue weighted by molar-refractivity contribution is 9.10. The number of aryl methyl sites for hydroxylation is 1. The highest BCUT2D eigenvalue weighted by Gasteiger charge is 2.17. The quantitative estimate of drug-likeness (QED) is 0.419. The number of nitrogens with zero attached hydrogens (tertiary/aromatic N) is 4. The van der Waals surface area contributed by atoms with Gasteiger partial charge >= 0.3 is 0 Å². The average Bonchev–Trinajstić information content (AvgIpc) is 2.83. The van der Waals surface area contributed by atoms with Crippen LogP contribution in [0.1, 0.15) is 19.4 Å². The van der Waals surface area contributed by atoms with Crippen LogP contribution in [0.25, 0.3) is 0 Å². The molecule has 3 aromatic rings. The fourth-order valence-electron chi connectivity index (χ4n) is 3.85. The van der Waals surface area contributed by atoms with Crippen molar-refractivity contribution in [3.63, 3.8) is 0 Å². The first-order chi connectivity index (χ1) is 16.3. The SMILES string of the molecule is Cc1ccc(Nc2ncc(Br)c(Nc3ccccc3S(=O)C(C)C)n2)cc1N1CCN(C)CC1. The smallest absolute Gasteiger partial charge is 0.229 e. The van der Waals surface area contributed by atoms with E-state index in [1.54, 1.807) is 6.20 Å². The van der Waals surface area contributed by atoms with Crippen LogP contribution in [0.15, 0.2) is 58.0 Å². The lowest BCUT2D eigenvalue weighted by Gasteiger charge is -2.35. The number of benzene rings is 2. The normalized spacial score (nSPS) is 15.4. The standard InChI is InChI=1S/C25H31BrN6OS/c1-17(2)34(33)23-8-6-5-7-21(23)29-24-20(26)16-27-25(30-24)28-19-10-9-18(3)22(15-19)32-13-11-31(4)12-14-32/h5-10,15-17H,11-14H2,1-4H3,(H2,27,28,29,30). The van der Waals surface area contributed by atoms with Crippen molar-refractivity contribution >= 4 is 55.6 Å². The van der Waals surface area contributed by atoms with Crippen LogP contribution in [0.4, 0.5) is 28.8 Å². The van der Waals surface area contributed by atoms with Crippen LogP contribution in [-0.2, 0) is 10.8 Å². The highest BCUT2D eigenvalue weighted by atomic mass is 79.9. The minimum atomic E-state index is -1.12. The second kappa shape index (κ2) is 10.8. The maximum atomic E-state index is 12.8. The molecule has 0 radical (unpaired) electrons. The summed E-state index contributed by atoms with van der Waals surface area (Å²) in [6.45, 7) is 10.2. The molecule has 1 saturated heterocycles. The Labute approximate surface area is 212 Å². The van der Waals surface area contributed by atoms with E-state index in [1.807, 2.05) is 38.1 Å². The molecule has 34 heavy (non-hydrogen) atoms. The molecular weight excluding hydrogens is 512 g/mol. The van der Waals surface area contributed by atoms with Crippen LogP contribution < -0.4 is 15.5 Å². The van der Waals surface area contributed by atoms with Crippen LogP contribution in [0, 0.1) is 6.92 Å². The van der Waals surface area contributed by atoms with Gasteiger partial charge in [0.1, 0.15) is 5.82 Å². The number of likely N-dealkylation sites (N-methyl/N-ethyl adjacent to an activating group) is 1. The molecule has 1 aliphatic rings. The first-order valence-electron chi connectivity index (χ1n) is 11.4. The molecule has 1 fully saturated rings. The van der Waals surface area contributed by atoms with E-state index < -0.39 is 10.8 Å². The van der Waals surface area contributed by atoms with Crippen LogP contribution in [0.3, 0.4) is 0 Å². The van der Waals surface area contributed by atoms with Crippen LogP contribution >= 0.6 is 15.9 Å². The summed E-state index contributed by atoms with van der Waals surface area (Å²) < 4.78 is 13.5. The zero-order valence-electron chi connectivity index (χ0n) is 20.0. The molecule has 0 saturated carbocycles. The molecule has 0 amide bonds. The summed E-state index contributed by atoms with van der Waals surface area (Å²) in [6, 6.07) is 14.0. The zero-order chi connectivity index (χ0) is 24.2. The fourth-order valence-corrected chi connectivity index (χ4v) is 5.19. The molecule has 0 bridgehead atoms. The van der Waals surface area contributed by atoms with E-state index >= 15 is 0 Å². The van der Waals surface area contributed by atoms with Crippen molar-refractivity contribution in [1.29, 1.82) is 0 Å². The zero-order valence-corrected chi connectivity index (χ0v) is 22.4. The summed E-state index contributed by atoms with van der Waals surface area (Å²) >= 11 is 3.54. The minimum Gasteiger partial charge on any atom is -0.369 e. The largest absolute Gasteiger partial charge is 0.369 e. The topological polar surface area (TPSA) is 73.4 Å². The first-order valence-corrected chi connectivity index (χ1v) is 13.4. The number of hydrogen-bond acceptors (Lipinski definition) is 7. The predicted molar refractivity (Wildman–Crippen MR) is 145 cm³/mol. The van der Waals surface area contributed by atoms with E-state index in [-0.39, 0.29) is 5.25 Å². The van der Waals surface area contributed by atoms with E-state index in [4.69, 9.17) is 0 Å². The van der Waals surface area contributed by atoms with Gasteiger partial charge in [-0.1, -0.05) is 32.0 Å². The summed E-state index contributed by atoms with van der Waals surface area (Å²) in [6.07, 6.45) is 1.72. The van der Waals surface area contributed by atoms with Gasteiger partial charge in [-0.3, -0.25) is 4.21 Å². The number of anilines is 5. The van der Waals surface area contributed by atoms with Crippen LogP contribution in [-0.4, -0.2) is 57.6 Å². The molecule has 4 rings (SSSR count). The molecule has 1 aliphatic heterocycles. The van der Waals surface area contributed by atoms with Gasteiger partial charge in [0.2, 0.25) is 5.95 Å². The molecule has 0 spiro atoms. The molecule has 1 aromatic heterocycles. The van der Waals surface area contributed by atoms with E-state index in [1.165, 1.54) is 11.3 Å². The number of aromatic nitrogens is 2. The van der Waals surface area contributed by atoms with E-state index in [0.29, 0.717) is 11.8 Å². The van der Waals surface area contributed by atoms with Gasteiger partial charge in [0.05, 0.1) is 25.9 Å². The van der Waals surface area contributed by atoms with E-state index in [0.717, 1.165) is 46.9 Å². The maximum Gasteiger partial charge on any atom is 0.229 e. The Hall–Kier alpha value is -2.49. The summed E-state index contributed by atoms with van der Waals surface area (Å²) in [5.41, 5.74) is 4.20. The Bertz CT molecular complexity index is 1180. The van der Waals surface area contributed by atoms with Crippen molar-refractivity contribution in [1.82, 2.24) is 14.9 Å². The van der Waals surface area contributed by atoms with E-state index in [9.17, 15) is 4.21 Å². The Morgan fingerprint density at radius 3 is 2.53 bits per heavy atom. The average molecular weight is 544 g/mol. The van der Waals surface area contributed by atoms with Gasteiger partial charge in [0.25, 0.3) is 0 Å². The lowest BCUT2D eigenvalue weighted by atomic mass is 10.1. The molecule has 2 aromatic carbocycles. The van der Waals surface area contributed by atoms with Crippen molar-refractivity contribution in [3.8, 4) is 0 Å². The summed E-state index contributed by atoms with van der Waals surface area (Å²) in [5, 5.41) is 6.70. The Kier molecular flexibility index (Phi) is 7.85. The molecule has 9 heteroatoms. The Balaban J connectivity index is 1.56. The number of piperazine rings is 1. The number of rotatable bonds is 7. The first kappa shape index (κ1) is 24.6. The van der Waals surface area contributed by atoms with Gasteiger partial charge in [0, 0.05) is 49.0 Å². The van der Waals surface area contributed by atoms with E-state index in [2.05, 4.69) is 78.5 Å². The highest BCUT2D eigenvalue weighted by Crippen LogP contribution is 2.30. The molecule has 180 valence electrons. The number of halogens is 1. The molecular formula is C25H31BrN6OS. The Morgan fingerprint density at radius 2 is 1.79 bits per heavy atom. The number of para-hydroxylation sites is 1. The lowest BCUT2D eigenvalue weighted by Crippen LogP contribution is -2.44. The molecule has 7 nitrogen and oxygen atoms in total. The summed E-state index contributed by atoms with van der Waals surface area (Å²) in [7, 11) is 1.05. The van der Waals surface area contributed by atoms with Gasteiger partial charge in [0.15, 0.2) is 0 Å². The molecule has 1 atom stereocenters. The maximum absolute atomic E-state index is 12.8. The van der Waals surface area contributed by atoms with Gasteiger partial charge < -0.3 is 20.4 Å². The van der Waals surface area contributed by atoms with Gasteiger partial charge in [-0.2, -0.15) is 4.98 Å². The fraction of sp³-hybridized carbons (Fsp3) is 0.360. The summed E-state index contributed by atoms with van der Waals surface area (Å²) in [4.78, 5) is 14.7. The third kappa shape index (κ3) is 5.76. The second-order valence-corrected chi connectivity index (χ2v) is 11.6. The third-order valence-electron chi connectivity index (χ3n) is 5.84. The molecule has 2 N–H and O–H groups in total. The molecule has 1 unspecified atom stereocenters. The molecule has 0 aliphatic carbocycles. The minimum absolute atomic E-state index is 0.0186. The number of hydrogen-bond donors (Lipinski definition) is 2. The van der Waals surface area contributed by atoms with Gasteiger partial charge in [-0.05, 0) is 59.7 Å². The third-order valence-corrected chi connectivity index (χ3v) is 8.06. The van der Waals surface area contributed by atoms with Crippen molar-refractivity contribution in [2.24, 2.45) is 0 Å².